The number of hydrogen-bond donors (Lipinski definition) is 0. The van der Waals surface area contributed by atoms with Crippen molar-refractivity contribution in [3.8, 4) is 0 Å². The van der Waals surface area contributed by atoms with Crippen LogP contribution < -0.4 is 5.56 Å². The first kappa shape index (κ1) is 19.3. The van der Waals surface area contributed by atoms with Gasteiger partial charge in [-0.3, -0.25) is 9.59 Å². The van der Waals surface area contributed by atoms with Crippen LogP contribution in [0.1, 0.15) is 48.0 Å². The number of Topliss-reactive ketones (excluding diaryl/α,β-unsaturated/α-hetero) is 1. The highest BCUT2D eigenvalue weighted by molar-refractivity contribution is 7.18. The molecule has 0 saturated heterocycles. The molecule has 0 N–H and O–H groups in total. The number of aromatic nitrogens is 3. The first-order valence-corrected chi connectivity index (χ1v) is 10.6. The lowest BCUT2D eigenvalue weighted by Crippen LogP contribution is -2.29. The van der Waals surface area contributed by atoms with E-state index in [1.807, 2.05) is 0 Å². The van der Waals surface area contributed by atoms with E-state index >= 15 is 0 Å². The zero-order chi connectivity index (χ0) is 20.1. The Morgan fingerprint density at radius 3 is 2.68 bits per heavy atom. The van der Waals surface area contributed by atoms with Gasteiger partial charge in [-0.15, -0.1) is 16.4 Å². The second-order valence-corrected chi connectivity index (χ2v) is 9.99. The number of carbonyl (C=O) groups excluding carboxylic acids is 1. The van der Waals surface area contributed by atoms with E-state index in [2.05, 4.69) is 31.1 Å². The van der Waals surface area contributed by atoms with Crippen molar-refractivity contribution in [3.63, 3.8) is 0 Å². The van der Waals surface area contributed by atoms with Crippen molar-refractivity contribution < 1.29 is 4.79 Å². The van der Waals surface area contributed by atoms with Crippen molar-refractivity contribution in [3.05, 3.63) is 55.6 Å². The smallest absolute Gasteiger partial charge is 0.279 e. The maximum absolute atomic E-state index is 13.1. The topological polar surface area (TPSA) is 64.8 Å². The number of nitrogens with zero attached hydrogens (tertiary/aromatic N) is 3. The zero-order valence-electron chi connectivity index (χ0n) is 16.2. The number of fused-ring (bicyclic) bond motifs is 3. The lowest BCUT2D eigenvalue weighted by molar-refractivity contribution is 0.0964. The van der Waals surface area contributed by atoms with Gasteiger partial charge in [0.15, 0.2) is 10.6 Å². The van der Waals surface area contributed by atoms with Gasteiger partial charge in [0.25, 0.3) is 5.56 Å². The number of ketones is 1. The maximum atomic E-state index is 13.1. The van der Waals surface area contributed by atoms with E-state index in [0.717, 1.165) is 24.8 Å². The molecular formula is C21H22ClN3O2S. The summed E-state index contributed by atoms with van der Waals surface area (Å²) in [5.74, 6) is 0.402. The van der Waals surface area contributed by atoms with Gasteiger partial charge in [0, 0.05) is 15.5 Å². The zero-order valence-corrected chi connectivity index (χ0v) is 17.7. The van der Waals surface area contributed by atoms with Crippen molar-refractivity contribution in [2.24, 2.45) is 11.3 Å². The Hall–Kier alpha value is -2.05. The van der Waals surface area contributed by atoms with Crippen LogP contribution in [0.15, 0.2) is 29.1 Å². The molecule has 0 saturated carbocycles. The third-order valence-corrected chi connectivity index (χ3v) is 7.01. The van der Waals surface area contributed by atoms with Crippen LogP contribution in [0.3, 0.4) is 0 Å². The Bertz CT molecular complexity index is 1110. The Morgan fingerprint density at radius 2 is 2.00 bits per heavy atom. The number of rotatable bonds is 3. The summed E-state index contributed by atoms with van der Waals surface area (Å²) >= 11 is 7.45. The Morgan fingerprint density at radius 1 is 1.29 bits per heavy atom. The predicted octanol–water partition coefficient (Wildman–Crippen LogP) is 4.54. The molecule has 4 rings (SSSR count). The molecule has 0 radical (unpaired) electrons. The maximum Gasteiger partial charge on any atom is 0.279 e. The molecule has 0 spiro atoms. The van der Waals surface area contributed by atoms with Crippen LogP contribution in [0.2, 0.25) is 5.02 Å². The van der Waals surface area contributed by atoms with Crippen LogP contribution >= 0.6 is 22.9 Å². The molecule has 0 fully saturated rings. The summed E-state index contributed by atoms with van der Waals surface area (Å²) in [5.41, 5.74) is 1.62. The number of aryl methyl sites for hydroxylation is 1. The molecule has 3 aromatic rings. The molecule has 2 aromatic heterocycles. The second kappa shape index (κ2) is 7.08. The van der Waals surface area contributed by atoms with Crippen molar-refractivity contribution >= 4 is 38.9 Å². The first-order chi connectivity index (χ1) is 13.2. The molecular weight excluding hydrogens is 394 g/mol. The normalized spacial score (nSPS) is 16.9. The van der Waals surface area contributed by atoms with Crippen LogP contribution in [0.4, 0.5) is 0 Å². The number of thiophene rings is 1. The fourth-order valence-corrected chi connectivity index (χ4v) is 5.19. The molecule has 0 bridgehead atoms. The van der Waals surface area contributed by atoms with E-state index in [9.17, 15) is 9.59 Å². The average molecular weight is 416 g/mol. The first-order valence-electron chi connectivity index (χ1n) is 9.41. The van der Waals surface area contributed by atoms with Crippen molar-refractivity contribution in [1.82, 2.24) is 15.0 Å². The van der Waals surface area contributed by atoms with Crippen molar-refractivity contribution in [2.75, 3.05) is 0 Å². The number of hydrogen-bond acceptors (Lipinski definition) is 5. The van der Waals surface area contributed by atoms with E-state index in [0.29, 0.717) is 26.7 Å². The third-order valence-electron chi connectivity index (χ3n) is 5.62. The van der Waals surface area contributed by atoms with Gasteiger partial charge in [-0.05, 0) is 60.4 Å². The highest BCUT2D eigenvalue weighted by atomic mass is 35.5. The monoisotopic (exact) mass is 415 g/mol. The SMILES string of the molecule is CC(C)(C)[C@H]1CCc2c(sc3nnn(CC(=O)c4ccc(Cl)cc4)c(=O)c23)C1. The molecule has 1 aliphatic carbocycles. The molecule has 0 amide bonds. The highest BCUT2D eigenvalue weighted by Crippen LogP contribution is 2.41. The molecule has 2 heterocycles. The molecule has 28 heavy (non-hydrogen) atoms. The minimum Gasteiger partial charge on any atom is -0.292 e. The summed E-state index contributed by atoms with van der Waals surface area (Å²) in [6.07, 6.45) is 2.92. The van der Waals surface area contributed by atoms with Crippen LogP contribution in [-0.4, -0.2) is 20.8 Å². The van der Waals surface area contributed by atoms with E-state index in [4.69, 9.17) is 11.6 Å². The lowest BCUT2D eigenvalue weighted by Gasteiger charge is -2.33. The molecule has 0 aliphatic heterocycles. The summed E-state index contributed by atoms with van der Waals surface area (Å²) in [5, 5.41) is 9.48. The summed E-state index contributed by atoms with van der Waals surface area (Å²) in [6.45, 7) is 6.68. The Labute approximate surface area is 172 Å². The van der Waals surface area contributed by atoms with Gasteiger partial charge in [0.2, 0.25) is 0 Å². The standard InChI is InChI=1S/C21H22ClN3O2S/c1-21(2,3)13-6-9-15-17(10-13)28-19-18(15)20(27)25(24-23-19)11-16(26)12-4-7-14(22)8-5-12/h4-5,7-8,13H,6,9-11H2,1-3H3/t13-/m0/s1. The molecule has 7 heteroatoms. The van der Waals surface area contributed by atoms with E-state index in [1.54, 1.807) is 35.6 Å². The van der Waals surface area contributed by atoms with E-state index in [-0.39, 0.29) is 23.3 Å². The molecule has 1 atom stereocenters. The number of halogens is 1. The van der Waals surface area contributed by atoms with Crippen LogP contribution in [0, 0.1) is 11.3 Å². The summed E-state index contributed by atoms with van der Waals surface area (Å²) in [4.78, 5) is 27.5. The summed E-state index contributed by atoms with van der Waals surface area (Å²) in [7, 11) is 0. The van der Waals surface area contributed by atoms with Crippen LogP contribution in [0.5, 0.6) is 0 Å². The van der Waals surface area contributed by atoms with E-state index in [1.165, 1.54) is 9.56 Å². The molecule has 1 aliphatic rings. The lowest BCUT2D eigenvalue weighted by atomic mass is 9.72. The van der Waals surface area contributed by atoms with Gasteiger partial charge in [-0.1, -0.05) is 37.6 Å². The highest BCUT2D eigenvalue weighted by Gasteiger charge is 2.32. The molecule has 5 nitrogen and oxygen atoms in total. The van der Waals surface area contributed by atoms with Gasteiger partial charge < -0.3 is 0 Å². The van der Waals surface area contributed by atoms with Crippen molar-refractivity contribution in [1.29, 1.82) is 0 Å². The molecule has 0 unspecified atom stereocenters. The second-order valence-electron chi connectivity index (χ2n) is 8.47. The Kier molecular flexibility index (Phi) is 4.88. The minimum absolute atomic E-state index is 0.126. The summed E-state index contributed by atoms with van der Waals surface area (Å²) in [6, 6.07) is 6.63. The van der Waals surface area contributed by atoms with Gasteiger partial charge in [-0.2, -0.15) is 0 Å². The van der Waals surface area contributed by atoms with Crippen molar-refractivity contribution in [2.45, 2.75) is 46.6 Å². The van der Waals surface area contributed by atoms with E-state index < -0.39 is 0 Å². The fourth-order valence-electron chi connectivity index (χ4n) is 3.83. The quantitative estimate of drug-likeness (QED) is 0.589. The van der Waals surface area contributed by atoms with Crippen LogP contribution in [0.25, 0.3) is 10.2 Å². The van der Waals surface area contributed by atoms with Crippen LogP contribution in [-0.2, 0) is 19.4 Å². The van der Waals surface area contributed by atoms with Gasteiger partial charge in [-0.25, -0.2) is 4.68 Å². The average Bonchev–Trinajstić information content (AvgIpc) is 3.02. The molecule has 1 aromatic carbocycles. The van der Waals surface area contributed by atoms with Gasteiger partial charge in [0.05, 0.1) is 5.39 Å². The molecule has 146 valence electrons. The minimum atomic E-state index is -0.223. The third kappa shape index (κ3) is 3.51. The summed E-state index contributed by atoms with van der Waals surface area (Å²) < 4.78 is 1.18. The predicted molar refractivity (Wildman–Crippen MR) is 112 cm³/mol. The Balaban J connectivity index is 1.67. The van der Waals surface area contributed by atoms with Gasteiger partial charge >= 0.3 is 0 Å². The number of benzene rings is 1. The number of carbonyl (C=O) groups is 1. The fraction of sp³-hybridized carbons (Fsp3) is 0.429. The van der Waals surface area contributed by atoms with Gasteiger partial charge in [0.1, 0.15) is 6.54 Å². The largest absolute Gasteiger partial charge is 0.292 e.